The number of benzene rings is 2. The van der Waals surface area contributed by atoms with Gasteiger partial charge in [0, 0.05) is 0 Å². The van der Waals surface area contributed by atoms with E-state index in [4.69, 9.17) is 9.15 Å². The van der Waals surface area contributed by atoms with Gasteiger partial charge in [-0.3, -0.25) is 4.72 Å². The van der Waals surface area contributed by atoms with Gasteiger partial charge in [0.15, 0.2) is 12.0 Å². The van der Waals surface area contributed by atoms with Crippen molar-refractivity contribution in [2.24, 2.45) is 0 Å². The maximum atomic E-state index is 12.4. The van der Waals surface area contributed by atoms with Crippen LogP contribution in [-0.4, -0.2) is 19.5 Å². The number of rotatable bonds is 5. The smallest absolute Gasteiger partial charge is 0.261 e. The molecule has 2 aromatic carbocycles. The van der Waals surface area contributed by atoms with Crippen molar-refractivity contribution in [3.8, 4) is 5.75 Å². The topological polar surface area (TPSA) is 81.4 Å². The van der Waals surface area contributed by atoms with Crippen molar-refractivity contribution in [3.63, 3.8) is 0 Å². The lowest BCUT2D eigenvalue weighted by atomic mass is 10.3. The van der Waals surface area contributed by atoms with Crippen LogP contribution in [0.3, 0.4) is 0 Å². The van der Waals surface area contributed by atoms with Crippen LogP contribution >= 0.6 is 0 Å². The van der Waals surface area contributed by atoms with Gasteiger partial charge in [0.2, 0.25) is 0 Å². The monoisotopic (exact) mass is 332 g/mol. The van der Waals surface area contributed by atoms with E-state index < -0.39 is 10.0 Å². The third kappa shape index (κ3) is 3.45. The largest absolute Gasteiger partial charge is 0.491 e. The number of oxazole rings is 1. The number of sulfonamides is 1. The maximum absolute atomic E-state index is 12.4. The predicted molar refractivity (Wildman–Crippen MR) is 87.0 cm³/mol. The summed E-state index contributed by atoms with van der Waals surface area (Å²) in [5.41, 5.74) is 1.61. The number of aromatic nitrogens is 1. The maximum Gasteiger partial charge on any atom is 0.261 e. The van der Waals surface area contributed by atoms with Gasteiger partial charge < -0.3 is 9.15 Å². The average Bonchev–Trinajstić information content (AvgIpc) is 2.94. The van der Waals surface area contributed by atoms with E-state index in [0.29, 0.717) is 22.5 Å². The molecule has 3 rings (SSSR count). The van der Waals surface area contributed by atoms with E-state index in [0.717, 1.165) is 0 Å². The van der Waals surface area contributed by atoms with Gasteiger partial charge >= 0.3 is 0 Å². The Hall–Kier alpha value is -2.54. The zero-order valence-corrected chi connectivity index (χ0v) is 13.5. The van der Waals surface area contributed by atoms with Crippen molar-refractivity contribution in [1.82, 2.24) is 4.98 Å². The van der Waals surface area contributed by atoms with Crippen LogP contribution in [-0.2, 0) is 10.0 Å². The van der Waals surface area contributed by atoms with E-state index in [-0.39, 0.29) is 11.0 Å². The summed E-state index contributed by atoms with van der Waals surface area (Å²) in [5, 5.41) is 0. The molecule has 1 aromatic heterocycles. The summed E-state index contributed by atoms with van der Waals surface area (Å²) in [6.07, 6.45) is 1.35. The number of fused-ring (bicyclic) bond motifs is 1. The minimum Gasteiger partial charge on any atom is -0.491 e. The quantitative estimate of drug-likeness (QED) is 0.774. The van der Waals surface area contributed by atoms with Crippen molar-refractivity contribution >= 4 is 26.8 Å². The number of hydrogen-bond donors (Lipinski definition) is 1. The summed E-state index contributed by atoms with van der Waals surface area (Å²) >= 11 is 0. The molecule has 0 saturated carbocycles. The van der Waals surface area contributed by atoms with E-state index in [9.17, 15) is 8.42 Å². The molecule has 3 aromatic rings. The standard InChI is InChI=1S/C16H16N2O4S/c1-11(2)22-13-4-6-14(7-5-13)23(19,20)18-12-3-8-16-15(9-12)17-10-21-16/h3-11,18H,1-2H3. The average molecular weight is 332 g/mol. The van der Waals surface area contributed by atoms with Crippen LogP contribution in [0, 0.1) is 0 Å². The summed E-state index contributed by atoms with van der Waals surface area (Å²) in [6, 6.07) is 11.2. The molecule has 0 aliphatic rings. The van der Waals surface area contributed by atoms with E-state index in [1.165, 1.54) is 18.5 Å². The highest BCUT2D eigenvalue weighted by Gasteiger charge is 2.15. The van der Waals surface area contributed by atoms with E-state index in [1.807, 2.05) is 13.8 Å². The van der Waals surface area contributed by atoms with Crippen LogP contribution in [0.5, 0.6) is 5.75 Å². The molecular formula is C16H16N2O4S. The summed E-state index contributed by atoms with van der Waals surface area (Å²) in [6.45, 7) is 3.82. The van der Waals surface area contributed by atoms with Gasteiger partial charge in [-0.1, -0.05) is 0 Å². The Labute approximate surface area is 134 Å². The Kier molecular flexibility index (Phi) is 3.96. The van der Waals surface area contributed by atoms with Crippen LogP contribution in [0.2, 0.25) is 0 Å². The third-order valence-electron chi connectivity index (χ3n) is 3.09. The molecule has 0 bridgehead atoms. The van der Waals surface area contributed by atoms with Crippen molar-refractivity contribution in [3.05, 3.63) is 48.9 Å². The summed E-state index contributed by atoms with van der Waals surface area (Å²) in [4.78, 5) is 4.16. The molecule has 0 aliphatic carbocycles. The second-order valence-corrected chi connectivity index (χ2v) is 6.96. The summed E-state index contributed by atoms with van der Waals surface area (Å²) in [5.74, 6) is 0.628. The first kappa shape index (κ1) is 15.4. The fraction of sp³-hybridized carbons (Fsp3) is 0.188. The zero-order chi connectivity index (χ0) is 16.4. The lowest BCUT2D eigenvalue weighted by Crippen LogP contribution is -2.13. The van der Waals surface area contributed by atoms with Gasteiger partial charge in [0.05, 0.1) is 16.7 Å². The van der Waals surface area contributed by atoms with Gasteiger partial charge in [-0.2, -0.15) is 0 Å². The SMILES string of the molecule is CC(C)Oc1ccc(S(=O)(=O)Nc2ccc3ocnc3c2)cc1. The molecule has 0 atom stereocenters. The second-order valence-electron chi connectivity index (χ2n) is 5.28. The van der Waals surface area contributed by atoms with Crippen molar-refractivity contribution in [1.29, 1.82) is 0 Å². The van der Waals surface area contributed by atoms with Gasteiger partial charge in [0.25, 0.3) is 10.0 Å². The fourth-order valence-corrected chi connectivity index (χ4v) is 3.15. The normalized spacial score (nSPS) is 11.8. The third-order valence-corrected chi connectivity index (χ3v) is 4.49. The first-order valence-electron chi connectivity index (χ1n) is 7.07. The molecule has 23 heavy (non-hydrogen) atoms. The van der Waals surface area contributed by atoms with Crippen LogP contribution in [0.4, 0.5) is 5.69 Å². The number of ether oxygens (including phenoxy) is 1. The van der Waals surface area contributed by atoms with Gasteiger partial charge in [0.1, 0.15) is 11.3 Å². The van der Waals surface area contributed by atoms with Gasteiger partial charge in [-0.25, -0.2) is 13.4 Å². The van der Waals surface area contributed by atoms with Crippen molar-refractivity contribution in [2.75, 3.05) is 4.72 Å². The van der Waals surface area contributed by atoms with Crippen molar-refractivity contribution < 1.29 is 17.6 Å². The number of nitrogens with one attached hydrogen (secondary N) is 1. The minimum absolute atomic E-state index is 0.0322. The highest BCUT2D eigenvalue weighted by Crippen LogP contribution is 2.22. The Morgan fingerprint density at radius 2 is 1.87 bits per heavy atom. The molecule has 6 nitrogen and oxygen atoms in total. The lowest BCUT2D eigenvalue weighted by Gasteiger charge is -2.11. The zero-order valence-electron chi connectivity index (χ0n) is 12.7. The molecule has 120 valence electrons. The molecule has 7 heteroatoms. The molecule has 1 N–H and O–H groups in total. The molecular weight excluding hydrogens is 316 g/mol. The highest BCUT2D eigenvalue weighted by atomic mass is 32.2. The fourth-order valence-electron chi connectivity index (χ4n) is 2.10. The Balaban J connectivity index is 1.83. The molecule has 0 unspecified atom stereocenters. The number of anilines is 1. The molecule has 0 aliphatic heterocycles. The Morgan fingerprint density at radius 3 is 2.57 bits per heavy atom. The molecule has 0 saturated heterocycles. The van der Waals surface area contributed by atoms with Crippen LogP contribution in [0.15, 0.2) is 58.2 Å². The number of nitrogens with zero attached hydrogens (tertiary/aromatic N) is 1. The Bertz CT molecular complexity index is 915. The number of hydrogen-bond acceptors (Lipinski definition) is 5. The molecule has 0 radical (unpaired) electrons. The minimum atomic E-state index is -3.67. The van der Waals surface area contributed by atoms with E-state index >= 15 is 0 Å². The van der Waals surface area contributed by atoms with E-state index in [1.54, 1.807) is 30.3 Å². The molecule has 0 amide bonds. The summed E-state index contributed by atoms with van der Waals surface area (Å²) < 4.78 is 38.0. The molecule has 1 heterocycles. The van der Waals surface area contributed by atoms with Gasteiger partial charge in [-0.05, 0) is 56.3 Å². The first-order chi connectivity index (χ1) is 10.9. The molecule has 0 fully saturated rings. The molecule has 0 spiro atoms. The van der Waals surface area contributed by atoms with E-state index in [2.05, 4.69) is 9.71 Å². The lowest BCUT2D eigenvalue weighted by molar-refractivity contribution is 0.242. The van der Waals surface area contributed by atoms with Crippen LogP contribution < -0.4 is 9.46 Å². The predicted octanol–water partition coefficient (Wildman–Crippen LogP) is 3.42. The Morgan fingerprint density at radius 1 is 1.13 bits per heavy atom. The van der Waals surface area contributed by atoms with Crippen LogP contribution in [0.1, 0.15) is 13.8 Å². The highest BCUT2D eigenvalue weighted by molar-refractivity contribution is 7.92. The second kappa shape index (κ2) is 5.92. The summed E-state index contributed by atoms with van der Waals surface area (Å²) in [7, 11) is -3.67. The van der Waals surface area contributed by atoms with Gasteiger partial charge in [-0.15, -0.1) is 0 Å². The first-order valence-corrected chi connectivity index (χ1v) is 8.55. The van der Waals surface area contributed by atoms with Crippen molar-refractivity contribution in [2.45, 2.75) is 24.8 Å². The van der Waals surface area contributed by atoms with Crippen LogP contribution in [0.25, 0.3) is 11.1 Å².